The Bertz CT molecular complexity index is 1290. The zero-order chi connectivity index (χ0) is 21.4. The predicted octanol–water partition coefficient (Wildman–Crippen LogP) is 3.04. The largest absolute Gasteiger partial charge is 0.365 e. The van der Waals surface area contributed by atoms with Crippen LogP contribution >= 0.6 is 11.3 Å². The van der Waals surface area contributed by atoms with Gasteiger partial charge < -0.3 is 16.0 Å². The number of aromatic amines is 1. The van der Waals surface area contributed by atoms with Crippen LogP contribution in [-0.4, -0.2) is 31.8 Å². The van der Waals surface area contributed by atoms with Crippen molar-refractivity contribution in [3.05, 3.63) is 63.0 Å². The van der Waals surface area contributed by atoms with E-state index in [9.17, 15) is 9.59 Å². The second-order valence-corrected chi connectivity index (χ2v) is 8.19. The van der Waals surface area contributed by atoms with Gasteiger partial charge in [0.2, 0.25) is 0 Å². The summed E-state index contributed by atoms with van der Waals surface area (Å²) in [6.45, 7) is 5.96. The summed E-state index contributed by atoms with van der Waals surface area (Å²) in [6.07, 6.45) is 2.93. The molecule has 0 saturated carbocycles. The molecule has 4 aromatic rings. The summed E-state index contributed by atoms with van der Waals surface area (Å²) in [4.78, 5) is 40.5. The topological polar surface area (TPSA) is 127 Å². The lowest BCUT2D eigenvalue weighted by Crippen LogP contribution is -2.24. The van der Waals surface area contributed by atoms with Gasteiger partial charge in [0, 0.05) is 23.6 Å². The molecule has 0 aliphatic carbocycles. The van der Waals surface area contributed by atoms with Crippen LogP contribution < -0.4 is 11.1 Å². The third-order valence-corrected chi connectivity index (χ3v) is 5.91. The second kappa shape index (κ2) is 7.68. The normalized spacial score (nSPS) is 11.0. The number of aryl methyl sites for hydroxylation is 3. The Balaban J connectivity index is 1.63. The van der Waals surface area contributed by atoms with E-state index in [1.807, 2.05) is 32.0 Å². The van der Waals surface area contributed by atoms with Crippen LogP contribution in [0.5, 0.6) is 0 Å². The molecule has 8 nitrogen and oxygen atoms in total. The molecule has 152 valence electrons. The standard InChI is InChI=1S/C21H20N6O2S/c1-10-14-6-13(7-24-21(29)15-8-23-9-25-11(15)2)4-5-16(14)27-17(10)18-19(20(22)28)30-12(3)26-18/h4-6,8-9,27H,7H2,1-3H3,(H2,22,28)(H,24,29). The molecule has 1 aromatic carbocycles. The zero-order valence-corrected chi connectivity index (χ0v) is 17.6. The lowest BCUT2D eigenvalue weighted by Gasteiger charge is -2.07. The van der Waals surface area contributed by atoms with Crippen molar-refractivity contribution in [2.24, 2.45) is 5.73 Å². The van der Waals surface area contributed by atoms with Crippen molar-refractivity contribution in [3.63, 3.8) is 0 Å². The molecular weight excluding hydrogens is 400 g/mol. The van der Waals surface area contributed by atoms with E-state index in [-0.39, 0.29) is 5.91 Å². The monoisotopic (exact) mass is 420 g/mol. The number of thiazole rings is 1. The highest BCUT2D eigenvalue weighted by molar-refractivity contribution is 7.14. The number of rotatable bonds is 5. The van der Waals surface area contributed by atoms with E-state index in [1.165, 1.54) is 23.9 Å². The van der Waals surface area contributed by atoms with Crippen molar-refractivity contribution in [3.8, 4) is 11.4 Å². The Hall–Kier alpha value is -3.59. The number of nitrogens with two attached hydrogens (primary N) is 1. The number of aromatic nitrogens is 4. The van der Waals surface area contributed by atoms with E-state index in [1.54, 1.807) is 6.92 Å². The Kier molecular flexibility index (Phi) is 5.04. The number of primary amides is 1. The summed E-state index contributed by atoms with van der Waals surface area (Å²) < 4.78 is 0. The highest BCUT2D eigenvalue weighted by atomic mass is 32.1. The molecule has 0 bridgehead atoms. The van der Waals surface area contributed by atoms with Gasteiger partial charge in [-0.3, -0.25) is 9.59 Å². The van der Waals surface area contributed by atoms with Crippen LogP contribution in [0.2, 0.25) is 0 Å². The molecule has 0 fully saturated rings. The molecule has 4 N–H and O–H groups in total. The van der Waals surface area contributed by atoms with Gasteiger partial charge in [-0.2, -0.15) is 0 Å². The Morgan fingerprint density at radius 1 is 1.23 bits per heavy atom. The van der Waals surface area contributed by atoms with Crippen molar-refractivity contribution < 1.29 is 9.59 Å². The number of nitrogens with zero attached hydrogens (tertiary/aromatic N) is 3. The average Bonchev–Trinajstić information content (AvgIpc) is 3.26. The predicted molar refractivity (Wildman–Crippen MR) is 115 cm³/mol. The minimum atomic E-state index is -0.489. The van der Waals surface area contributed by atoms with Gasteiger partial charge in [0.05, 0.1) is 22.0 Å². The van der Waals surface area contributed by atoms with Crippen molar-refractivity contribution in [1.82, 2.24) is 25.3 Å². The molecule has 4 rings (SSSR count). The molecule has 2 amide bonds. The molecule has 0 spiro atoms. The van der Waals surface area contributed by atoms with E-state index in [4.69, 9.17) is 5.73 Å². The molecule has 30 heavy (non-hydrogen) atoms. The van der Waals surface area contributed by atoms with Crippen LogP contribution in [0.15, 0.2) is 30.7 Å². The Morgan fingerprint density at radius 2 is 2.03 bits per heavy atom. The third-order valence-electron chi connectivity index (χ3n) is 4.93. The van der Waals surface area contributed by atoms with Gasteiger partial charge in [-0.1, -0.05) is 6.07 Å². The molecule has 0 aliphatic rings. The highest BCUT2D eigenvalue weighted by Crippen LogP contribution is 2.33. The molecule has 0 aliphatic heterocycles. The summed E-state index contributed by atoms with van der Waals surface area (Å²) >= 11 is 1.29. The van der Waals surface area contributed by atoms with Gasteiger partial charge in [0.1, 0.15) is 16.9 Å². The van der Waals surface area contributed by atoms with Crippen molar-refractivity contribution in [2.75, 3.05) is 0 Å². The number of benzene rings is 1. The first-order valence-electron chi connectivity index (χ1n) is 9.28. The SMILES string of the molecule is Cc1nc(-c2[nH]c3ccc(CNC(=O)c4cncnc4C)cc3c2C)c(C(N)=O)s1. The van der Waals surface area contributed by atoms with Crippen LogP contribution in [0.1, 0.15) is 41.9 Å². The van der Waals surface area contributed by atoms with E-state index >= 15 is 0 Å². The van der Waals surface area contributed by atoms with Gasteiger partial charge in [-0.15, -0.1) is 11.3 Å². The first kappa shape index (κ1) is 19.7. The second-order valence-electron chi connectivity index (χ2n) is 6.98. The number of nitrogens with one attached hydrogen (secondary N) is 2. The van der Waals surface area contributed by atoms with Crippen molar-refractivity contribution >= 4 is 34.1 Å². The van der Waals surface area contributed by atoms with E-state index < -0.39 is 5.91 Å². The van der Waals surface area contributed by atoms with E-state index in [2.05, 4.69) is 25.3 Å². The van der Waals surface area contributed by atoms with Crippen LogP contribution in [0.4, 0.5) is 0 Å². The molecule has 0 saturated heterocycles. The maximum absolute atomic E-state index is 12.4. The zero-order valence-electron chi connectivity index (χ0n) is 16.7. The molecule has 0 atom stereocenters. The minimum absolute atomic E-state index is 0.219. The van der Waals surface area contributed by atoms with E-state index in [0.717, 1.165) is 32.7 Å². The number of carbonyl (C=O) groups is 2. The number of H-pyrrole nitrogens is 1. The van der Waals surface area contributed by atoms with Crippen LogP contribution in [0, 0.1) is 20.8 Å². The number of carbonyl (C=O) groups excluding carboxylic acids is 2. The molecular formula is C21H20N6O2S. The number of hydrogen-bond donors (Lipinski definition) is 3. The Morgan fingerprint density at radius 3 is 2.77 bits per heavy atom. The van der Waals surface area contributed by atoms with Crippen LogP contribution in [0.3, 0.4) is 0 Å². The van der Waals surface area contributed by atoms with Gasteiger partial charge >= 0.3 is 0 Å². The summed E-state index contributed by atoms with van der Waals surface area (Å²) in [7, 11) is 0. The number of amides is 2. The van der Waals surface area contributed by atoms with Crippen LogP contribution in [-0.2, 0) is 6.54 Å². The number of hydrogen-bond acceptors (Lipinski definition) is 6. The average molecular weight is 420 g/mol. The fraction of sp³-hybridized carbons (Fsp3) is 0.190. The molecule has 0 radical (unpaired) electrons. The van der Waals surface area contributed by atoms with Gasteiger partial charge in [0.25, 0.3) is 11.8 Å². The molecule has 3 heterocycles. The lowest BCUT2D eigenvalue weighted by atomic mass is 10.1. The smallest absolute Gasteiger partial charge is 0.261 e. The molecule has 3 aromatic heterocycles. The summed E-state index contributed by atoms with van der Waals surface area (Å²) in [5.41, 5.74) is 10.8. The molecule has 9 heteroatoms. The molecule has 0 unspecified atom stereocenters. The van der Waals surface area contributed by atoms with Crippen LogP contribution in [0.25, 0.3) is 22.3 Å². The summed E-state index contributed by atoms with van der Waals surface area (Å²) in [5, 5.41) is 4.68. The Labute approximate surface area is 176 Å². The highest BCUT2D eigenvalue weighted by Gasteiger charge is 2.20. The lowest BCUT2D eigenvalue weighted by molar-refractivity contribution is 0.0948. The van der Waals surface area contributed by atoms with Gasteiger partial charge in [-0.05, 0) is 44.0 Å². The van der Waals surface area contributed by atoms with Crippen molar-refractivity contribution in [2.45, 2.75) is 27.3 Å². The first-order chi connectivity index (χ1) is 14.3. The maximum Gasteiger partial charge on any atom is 0.261 e. The quantitative estimate of drug-likeness (QED) is 0.457. The number of fused-ring (bicyclic) bond motifs is 1. The first-order valence-corrected chi connectivity index (χ1v) is 10.1. The fourth-order valence-corrected chi connectivity index (χ4v) is 4.15. The fourth-order valence-electron chi connectivity index (χ4n) is 3.38. The summed E-state index contributed by atoms with van der Waals surface area (Å²) in [5.74, 6) is -0.707. The maximum atomic E-state index is 12.4. The third kappa shape index (κ3) is 3.55. The van der Waals surface area contributed by atoms with Gasteiger partial charge in [-0.25, -0.2) is 15.0 Å². The minimum Gasteiger partial charge on any atom is -0.365 e. The summed E-state index contributed by atoms with van der Waals surface area (Å²) in [6, 6.07) is 5.91. The van der Waals surface area contributed by atoms with Gasteiger partial charge in [0.15, 0.2) is 0 Å². The van der Waals surface area contributed by atoms with E-state index in [0.29, 0.717) is 28.4 Å². The van der Waals surface area contributed by atoms with Crippen molar-refractivity contribution in [1.29, 1.82) is 0 Å².